The first kappa shape index (κ1) is 15.0. The number of nitrogens with zero attached hydrogens (tertiary/aromatic N) is 1. The Morgan fingerprint density at radius 3 is 2.90 bits per heavy atom. The number of rotatable bonds is 6. The maximum atomic E-state index is 11.9. The highest BCUT2D eigenvalue weighted by atomic mass is 16.5. The highest BCUT2D eigenvalue weighted by molar-refractivity contribution is 5.77. The summed E-state index contributed by atoms with van der Waals surface area (Å²) >= 11 is 0. The van der Waals surface area contributed by atoms with Gasteiger partial charge in [-0.3, -0.25) is 4.79 Å². The number of likely N-dealkylation sites (tertiary alicyclic amines) is 1. The van der Waals surface area contributed by atoms with Gasteiger partial charge in [-0.15, -0.1) is 0 Å². The predicted molar refractivity (Wildman–Crippen MR) is 79.1 cm³/mol. The topological polar surface area (TPSA) is 55.6 Å². The molecule has 2 atom stereocenters. The Kier molecular flexibility index (Phi) is 5.56. The van der Waals surface area contributed by atoms with Gasteiger partial charge >= 0.3 is 0 Å². The quantitative estimate of drug-likeness (QED) is 0.862. The molecule has 2 N–H and O–H groups in total. The lowest BCUT2D eigenvalue weighted by Crippen LogP contribution is -2.33. The average Bonchev–Trinajstić information content (AvgIpc) is 2.88. The van der Waals surface area contributed by atoms with Gasteiger partial charge < -0.3 is 15.4 Å². The maximum absolute atomic E-state index is 11.9. The van der Waals surface area contributed by atoms with Crippen LogP contribution in [0.1, 0.15) is 25.3 Å². The van der Waals surface area contributed by atoms with Gasteiger partial charge in [-0.05, 0) is 18.9 Å². The molecule has 20 heavy (non-hydrogen) atoms. The first-order chi connectivity index (χ1) is 9.65. The summed E-state index contributed by atoms with van der Waals surface area (Å²) in [7, 11) is 0. The molecule has 0 aliphatic carbocycles. The molecule has 0 saturated carbocycles. The van der Waals surface area contributed by atoms with E-state index in [9.17, 15) is 4.79 Å². The molecular formula is C16H24N2O2. The van der Waals surface area contributed by atoms with Crippen molar-refractivity contribution in [3.05, 3.63) is 35.9 Å². The lowest BCUT2D eigenvalue weighted by molar-refractivity contribution is -0.130. The SMILES string of the molecule is CC(N)CC(=O)N1CCC(COCc2ccccc2)C1. The van der Waals surface area contributed by atoms with Gasteiger partial charge in [0.2, 0.25) is 5.91 Å². The van der Waals surface area contributed by atoms with Gasteiger partial charge in [0.1, 0.15) is 0 Å². The Labute approximate surface area is 120 Å². The lowest BCUT2D eigenvalue weighted by atomic mass is 10.1. The Balaban J connectivity index is 1.67. The number of carbonyl (C=O) groups excluding carboxylic acids is 1. The van der Waals surface area contributed by atoms with Crippen molar-refractivity contribution in [2.75, 3.05) is 19.7 Å². The fourth-order valence-electron chi connectivity index (χ4n) is 2.52. The lowest BCUT2D eigenvalue weighted by Gasteiger charge is -2.17. The maximum Gasteiger partial charge on any atom is 0.224 e. The Hall–Kier alpha value is -1.39. The largest absolute Gasteiger partial charge is 0.376 e. The van der Waals surface area contributed by atoms with Crippen molar-refractivity contribution >= 4 is 5.91 Å². The molecule has 1 aromatic rings. The monoisotopic (exact) mass is 276 g/mol. The van der Waals surface area contributed by atoms with E-state index in [1.54, 1.807) is 0 Å². The summed E-state index contributed by atoms with van der Waals surface area (Å²) in [5, 5.41) is 0. The molecule has 1 fully saturated rings. The molecule has 0 bridgehead atoms. The molecule has 110 valence electrons. The van der Waals surface area contributed by atoms with Crippen molar-refractivity contribution in [2.24, 2.45) is 11.7 Å². The number of hydrogen-bond acceptors (Lipinski definition) is 3. The third-order valence-corrected chi connectivity index (χ3v) is 3.60. The van der Waals surface area contributed by atoms with Gasteiger partial charge in [0.25, 0.3) is 0 Å². The minimum Gasteiger partial charge on any atom is -0.376 e. The van der Waals surface area contributed by atoms with Crippen LogP contribution in [0.15, 0.2) is 30.3 Å². The van der Waals surface area contributed by atoms with E-state index in [0.717, 1.165) is 26.1 Å². The second-order valence-corrected chi connectivity index (χ2v) is 5.68. The summed E-state index contributed by atoms with van der Waals surface area (Å²) < 4.78 is 5.75. The first-order valence-electron chi connectivity index (χ1n) is 7.30. The van der Waals surface area contributed by atoms with Gasteiger partial charge in [0.15, 0.2) is 0 Å². The molecule has 0 aromatic heterocycles. The zero-order chi connectivity index (χ0) is 14.4. The Morgan fingerprint density at radius 2 is 2.20 bits per heavy atom. The van der Waals surface area contributed by atoms with Crippen LogP contribution >= 0.6 is 0 Å². The third kappa shape index (κ3) is 4.62. The summed E-state index contributed by atoms with van der Waals surface area (Å²) in [6.07, 6.45) is 1.47. The van der Waals surface area contributed by atoms with Crippen LogP contribution in [0.3, 0.4) is 0 Å². The van der Waals surface area contributed by atoms with Crippen molar-refractivity contribution in [3.63, 3.8) is 0 Å². The van der Waals surface area contributed by atoms with Crippen molar-refractivity contribution in [3.8, 4) is 0 Å². The average molecular weight is 276 g/mol. The number of carbonyl (C=O) groups is 1. The molecule has 1 aliphatic heterocycles. The highest BCUT2D eigenvalue weighted by Gasteiger charge is 2.26. The Bertz CT molecular complexity index is 420. The molecule has 1 heterocycles. The van der Waals surface area contributed by atoms with Crippen LogP contribution in [0.25, 0.3) is 0 Å². The molecule has 2 rings (SSSR count). The molecular weight excluding hydrogens is 252 g/mol. The van der Waals surface area contributed by atoms with Gasteiger partial charge in [-0.1, -0.05) is 30.3 Å². The van der Waals surface area contributed by atoms with E-state index >= 15 is 0 Å². The number of benzene rings is 1. The van der Waals surface area contributed by atoms with Crippen LogP contribution in [0.4, 0.5) is 0 Å². The molecule has 1 aromatic carbocycles. The van der Waals surface area contributed by atoms with Crippen LogP contribution in [-0.4, -0.2) is 36.5 Å². The number of ether oxygens (including phenoxy) is 1. The van der Waals surface area contributed by atoms with Crippen LogP contribution in [0.5, 0.6) is 0 Å². The summed E-state index contributed by atoms with van der Waals surface area (Å²) in [5.41, 5.74) is 6.86. The van der Waals surface area contributed by atoms with E-state index in [-0.39, 0.29) is 11.9 Å². The van der Waals surface area contributed by atoms with Crippen molar-refractivity contribution < 1.29 is 9.53 Å². The van der Waals surface area contributed by atoms with Crippen LogP contribution in [-0.2, 0) is 16.1 Å². The van der Waals surface area contributed by atoms with E-state index in [1.165, 1.54) is 5.56 Å². The fourth-order valence-corrected chi connectivity index (χ4v) is 2.52. The van der Waals surface area contributed by atoms with Crippen LogP contribution in [0.2, 0.25) is 0 Å². The minimum atomic E-state index is -0.0594. The summed E-state index contributed by atoms with van der Waals surface area (Å²) in [4.78, 5) is 13.8. The second kappa shape index (κ2) is 7.41. The smallest absolute Gasteiger partial charge is 0.224 e. The zero-order valence-corrected chi connectivity index (χ0v) is 12.1. The minimum absolute atomic E-state index is 0.0594. The number of nitrogens with two attached hydrogens (primary N) is 1. The Morgan fingerprint density at radius 1 is 1.45 bits per heavy atom. The summed E-state index contributed by atoms with van der Waals surface area (Å²) in [5.74, 6) is 0.626. The van der Waals surface area contributed by atoms with Gasteiger partial charge in [-0.25, -0.2) is 0 Å². The predicted octanol–water partition coefficient (Wildman–Crippen LogP) is 1.79. The van der Waals surface area contributed by atoms with Crippen molar-refractivity contribution in [1.29, 1.82) is 0 Å². The normalized spacial score (nSPS) is 20.1. The van der Waals surface area contributed by atoms with Gasteiger partial charge in [-0.2, -0.15) is 0 Å². The van der Waals surface area contributed by atoms with E-state index in [1.807, 2.05) is 30.0 Å². The third-order valence-electron chi connectivity index (χ3n) is 3.60. The molecule has 1 amide bonds. The van der Waals surface area contributed by atoms with Crippen LogP contribution < -0.4 is 5.73 Å². The highest BCUT2D eigenvalue weighted by Crippen LogP contribution is 2.18. The van der Waals surface area contributed by atoms with Crippen LogP contribution in [0, 0.1) is 5.92 Å². The van der Waals surface area contributed by atoms with E-state index in [0.29, 0.717) is 18.9 Å². The summed E-state index contributed by atoms with van der Waals surface area (Å²) in [6, 6.07) is 10.1. The summed E-state index contributed by atoms with van der Waals surface area (Å²) in [6.45, 7) is 4.88. The van der Waals surface area contributed by atoms with Gasteiger partial charge in [0.05, 0.1) is 13.2 Å². The molecule has 0 radical (unpaired) electrons. The fraction of sp³-hybridized carbons (Fsp3) is 0.562. The van der Waals surface area contributed by atoms with Crippen molar-refractivity contribution in [2.45, 2.75) is 32.4 Å². The molecule has 2 unspecified atom stereocenters. The molecule has 4 nitrogen and oxygen atoms in total. The molecule has 1 saturated heterocycles. The molecule has 0 spiro atoms. The van der Waals surface area contributed by atoms with Crippen molar-refractivity contribution in [1.82, 2.24) is 4.90 Å². The number of hydrogen-bond donors (Lipinski definition) is 1. The first-order valence-corrected chi connectivity index (χ1v) is 7.30. The van der Waals surface area contributed by atoms with Gasteiger partial charge in [0, 0.05) is 31.5 Å². The molecule has 1 aliphatic rings. The van der Waals surface area contributed by atoms with E-state index in [4.69, 9.17) is 10.5 Å². The zero-order valence-electron chi connectivity index (χ0n) is 12.1. The van der Waals surface area contributed by atoms with E-state index in [2.05, 4.69) is 12.1 Å². The van der Waals surface area contributed by atoms with E-state index < -0.39 is 0 Å². The second-order valence-electron chi connectivity index (χ2n) is 5.68. The number of amides is 1. The molecule has 4 heteroatoms. The standard InChI is InChI=1S/C16H24N2O2/c1-13(17)9-16(19)18-8-7-15(10-18)12-20-11-14-5-3-2-4-6-14/h2-6,13,15H,7-12,17H2,1H3.